The molecule has 7 heteroatoms. The van der Waals surface area contributed by atoms with Crippen molar-refractivity contribution < 1.29 is 17.9 Å². The number of ether oxygens (including phenoxy) is 1. The van der Waals surface area contributed by atoms with Crippen LogP contribution in [0.1, 0.15) is 36.6 Å². The second-order valence-corrected chi connectivity index (χ2v) is 9.07. The normalized spacial score (nSPS) is 13.5. The molecule has 6 nitrogen and oxygen atoms in total. The van der Waals surface area contributed by atoms with Crippen molar-refractivity contribution in [1.29, 1.82) is 0 Å². The number of nitrogens with zero attached hydrogens (tertiary/aromatic N) is 1. The molecule has 0 aromatic heterocycles. The third-order valence-electron chi connectivity index (χ3n) is 4.77. The molecule has 152 valence electrons. The first-order valence-corrected chi connectivity index (χ1v) is 10.9. The van der Waals surface area contributed by atoms with Crippen LogP contribution in [0.15, 0.2) is 42.5 Å². The van der Waals surface area contributed by atoms with Gasteiger partial charge in [-0.1, -0.05) is 18.2 Å². The van der Waals surface area contributed by atoms with Gasteiger partial charge in [-0.2, -0.15) is 0 Å². The lowest BCUT2D eigenvalue weighted by molar-refractivity contribution is -0.127. The Labute approximate surface area is 167 Å². The molecule has 0 aliphatic heterocycles. The van der Waals surface area contributed by atoms with Crippen molar-refractivity contribution >= 4 is 21.6 Å². The molecule has 28 heavy (non-hydrogen) atoms. The lowest BCUT2D eigenvalue weighted by Crippen LogP contribution is -2.37. The van der Waals surface area contributed by atoms with Gasteiger partial charge in [-0.15, -0.1) is 0 Å². The highest BCUT2D eigenvalue weighted by atomic mass is 32.2. The van der Waals surface area contributed by atoms with E-state index in [4.69, 9.17) is 4.74 Å². The number of nitrogens with one attached hydrogen (secondary N) is 1. The molecule has 2 aromatic rings. The van der Waals surface area contributed by atoms with E-state index in [0.717, 1.165) is 11.8 Å². The minimum atomic E-state index is -3.32. The largest absolute Gasteiger partial charge is 0.481 e. The van der Waals surface area contributed by atoms with E-state index in [0.29, 0.717) is 11.4 Å². The summed E-state index contributed by atoms with van der Waals surface area (Å²) in [5.41, 5.74) is 3.96. The minimum Gasteiger partial charge on any atom is -0.481 e. The molecule has 0 unspecified atom stereocenters. The van der Waals surface area contributed by atoms with Crippen LogP contribution in [0.25, 0.3) is 0 Å². The standard InChI is InChI=1S/C21H28N2O4S/c1-14-7-8-18(13-15(14)2)16(3)22-21(24)17(4)27-20-11-9-19(10-12-20)23(5)28(6,25)26/h7-13,16-17H,1-6H3,(H,22,24)/t16-,17+/m0/s1. The van der Waals surface area contributed by atoms with Crippen molar-refractivity contribution in [3.8, 4) is 5.75 Å². The fraction of sp³-hybridized carbons (Fsp3) is 0.381. The van der Waals surface area contributed by atoms with Crippen molar-refractivity contribution in [2.45, 2.75) is 39.8 Å². The molecule has 1 amide bonds. The van der Waals surface area contributed by atoms with Crippen molar-refractivity contribution in [1.82, 2.24) is 5.32 Å². The molecule has 0 aliphatic carbocycles. The Hall–Kier alpha value is -2.54. The fourth-order valence-corrected chi connectivity index (χ4v) is 3.14. The topological polar surface area (TPSA) is 75.7 Å². The number of aryl methyl sites for hydroxylation is 2. The summed E-state index contributed by atoms with van der Waals surface area (Å²) in [4.78, 5) is 12.5. The Morgan fingerprint density at radius 3 is 2.18 bits per heavy atom. The average molecular weight is 405 g/mol. The summed E-state index contributed by atoms with van der Waals surface area (Å²) in [6.07, 6.45) is 0.452. The summed E-state index contributed by atoms with van der Waals surface area (Å²) in [5, 5.41) is 2.96. The molecule has 0 radical (unpaired) electrons. The van der Waals surface area contributed by atoms with Gasteiger partial charge in [0.05, 0.1) is 18.0 Å². The molecule has 2 aromatic carbocycles. The van der Waals surface area contributed by atoms with Crippen LogP contribution in [-0.4, -0.2) is 33.7 Å². The fourth-order valence-electron chi connectivity index (χ4n) is 2.63. The highest BCUT2D eigenvalue weighted by Crippen LogP contribution is 2.21. The van der Waals surface area contributed by atoms with Crippen LogP contribution in [0.2, 0.25) is 0 Å². The third-order valence-corrected chi connectivity index (χ3v) is 5.98. The van der Waals surface area contributed by atoms with Crippen LogP contribution >= 0.6 is 0 Å². The molecule has 2 atom stereocenters. The second kappa shape index (κ2) is 8.65. The Kier molecular flexibility index (Phi) is 6.72. The number of hydrogen-bond donors (Lipinski definition) is 1. The number of amides is 1. The van der Waals surface area contributed by atoms with Gasteiger partial charge in [-0.05, 0) is 68.7 Å². The highest BCUT2D eigenvalue weighted by Gasteiger charge is 2.18. The zero-order valence-electron chi connectivity index (χ0n) is 17.2. The van der Waals surface area contributed by atoms with Gasteiger partial charge in [0.1, 0.15) is 5.75 Å². The Morgan fingerprint density at radius 1 is 1.04 bits per heavy atom. The number of carbonyl (C=O) groups excluding carboxylic acids is 1. The van der Waals surface area contributed by atoms with Crippen LogP contribution in [-0.2, 0) is 14.8 Å². The van der Waals surface area contributed by atoms with E-state index in [2.05, 4.69) is 18.3 Å². The Morgan fingerprint density at radius 2 is 1.64 bits per heavy atom. The zero-order valence-corrected chi connectivity index (χ0v) is 18.0. The van der Waals surface area contributed by atoms with Gasteiger partial charge in [-0.25, -0.2) is 8.42 Å². The first kappa shape index (κ1) is 21.8. The van der Waals surface area contributed by atoms with Crippen molar-refractivity contribution in [2.75, 3.05) is 17.6 Å². The first-order valence-electron chi connectivity index (χ1n) is 9.07. The zero-order chi connectivity index (χ0) is 21.1. The summed E-state index contributed by atoms with van der Waals surface area (Å²) < 4.78 is 30.0. The van der Waals surface area contributed by atoms with Gasteiger partial charge in [0.15, 0.2) is 6.10 Å². The Balaban J connectivity index is 1.99. The smallest absolute Gasteiger partial charge is 0.261 e. The molecule has 0 heterocycles. The van der Waals surface area contributed by atoms with E-state index in [1.165, 1.54) is 22.5 Å². The summed E-state index contributed by atoms with van der Waals surface area (Å²) in [5.74, 6) is 0.273. The molecule has 0 saturated heterocycles. The molecule has 0 fully saturated rings. The maximum Gasteiger partial charge on any atom is 0.261 e. The van der Waals surface area contributed by atoms with Crippen LogP contribution in [0.4, 0.5) is 5.69 Å². The van der Waals surface area contributed by atoms with Gasteiger partial charge in [0.25, 0.3) is 5.91 Å². The quantitative estimate of drug-likeness (QED) is 0.768. The average Bonchev–Trinajstić information content (AvgIpc) is 2.63. The summed E-state index contributed by atoms with van der Waals surface area (Å²) >= 11 is 0. The lowest BCUT2D eigenvalue weighted by atomic mass is 10.0. The van der Waals surface area contributed by atoms with Gasteiger partial charge in [0.2, 0.25) is 10.0 Å². The van der Waals surface area contributed by atoms with Crippen LogP contribution in [0.3, 0.4) is 0 Å². The van der Waals surface area contributed by atoms with E-state index in [9.17, 15) is 13.2 Å². The van der Waals surface area contributed by atoms with E-state index < -0.39 is 16.1 Å². The lowest BCUT2D eigenvalue weighted by Gasteiger charge is -2.20. The van der Waals surface area contributed by atoms with Crippen molar-refractivity contribution in [3.63, 3.8) is 0 Å². The number of sulfonamides is 1. The van der Waals surface area contributed by atoms with Gasteiger partial charge < -0.3 is 10.1 Å². The predicted molar refractivity (Wildman–Crippen MR) is 112 cm³/mol. The van der Waals surface area contributed by atoms with Crippen LogP contribution in [0, 0.1) is 13.8 Å². The molecule has 0 aliphatic rings. The molecular formula is C21H28N2O4S. The Bertz CT molecular complexity index is 939. The molecular weight excluding hydrogens is 376 g/mol. The predicted octanol–water partition coefficient (Wildman–Crippen LogP) is 3.34. The van der Waals surface area contributed by atoms with Crippen molar-refractivity contribution in [3.05, 3.63) is 59.2 Å². The maximum atomic E-state index is 12.5. The number of benzene rings is 2. The number of hydrogen-bond acceptors (Lipinski definition) is 4. The van der Waals surface area contributed by atoms with Gasteiger partial charge >= 0.3 is 0 Å². The molecule has 0 bridgehead atoms. The summed E-state index contributed by atoms with van der Waals surface area (Å²) in [7, 11) is -1.84. The molecule has 0 saturated carbocycles. The molecule has 1 N–H and O–H groups in total. The first-order chi connectivity index (χ1) is 13.0. The van der Waals surface area contributed by atoms with Gasteiger partial charge in [0, 0.05) is 7.05 Å². The monoisotopic (exact) mass is 404 g/mol. The summed E-state index contributed by atoms with van der Waals surface area (Å²) in [6, 6.07) is 12.6. The molecule has 2 rings (SSSR count). The van der Waals surface area contributed by atoms with E-state index >= 15 is 0 Å². The van der Waals surface area contributed by atoms with E-state index in [1.54, 1.807) is 31.2 Å². The minimum absolute atomic E-state index is 0.136. The van der Waals surface area contributed by atoms with Crippen LogP contribution < -0.4 is 14.4 Å². The van der Waals surface area contributed by atoms with E-state index in [-0.39, 0.29) is 11.9 Å². The maximum absolute atomic E-state index is 12.5. The van der Waals surface area contributed by atoms with E-state index in [1.807, 2.05) is 26.0 Å². The number of rotatable bonds is 7. The molecule has 0 spiro atoms. The van der Waals surface area contributed by atoms with Gasteiger partial charge in [-0.3, -0.25) is 9.10 Å². The second-order valence-electron chi connectivity index (χ2n) is 7.06. The number of carbonyl (C=O) groups is 1. The third kappa shape index (κ3) is 5.48. The van der Waals surface area contributed by atoms with Crippen molar-refractivity contribution in [2.24, 2.45) is 0 Å². The highest BCUT2D eigenvalue weighted by molar-refractivity contribution is 7.92. The van der Waals surface area contributed by atoms with Crippen LogP contribution in [0.5, 0.6) is 5.75 Å². The SMILES string of the molecule is Cc1ccc([C@H](C)NC(=O)[C@@H](C)Oc2ccc(N(C)S(C)(=O)=O)cc2)cc1C. The summed E-state index contributed by atoms with van der Waals surface area (Å²) in [6.45, 7) is 7.71. The number of anilines is 1.